The Morgan fingerprint density at radius 2 is 1.90 bits per heavy atom. The molecule has 160 valence electrons. The zero-order chi connectivity index (χ0) is 22.1. The average molecular weight is 420 g/mol. The van der Waals surface area contributed by atoms with E-state index in [1.807, 2.05) is 50.2 Å². The summed E-state index contributed by atoms with van der Waals surface area (Å²) in [5.41, 5.74) is 4.11. The highest BCUT2D eigenvalue weighted by atomic mass is 16.5. The van der Waals surface area contributed by atoms with E-state index < -0.39 is 6.04 Å². The Balaban J connectivity index is 1.61. The first-order chi connectivity index (χ1) is 14.9. The van der Waals surface area contributed by atoms with Crippen LogP contribution in [0.5, 0.6) is 11.5 Å². The van der Waals surface area contributed by atoms with Crippen LogP contribution < -0.4 is 20.1 Å². The fourth-order valence-electron chi connectivity index (χ4n) is 3.83. The van der Waals surface area contributed by atoms with Crippen molar-refractivity contribution in [2.45, 2.75) is 26.3 Å². The van der Waals surface area contributed by atoms with Crippen LogP contribution in [-0.2, 0) is 9.59 Å². The van der Waals surface area contributed by atoms with Gasteiger partial charge in [-0.05, 0) is 49.2 Å². The molecule has 2 heterocycles. The molecule has 3 aromatic rings. The molecule has 0 radical (unpaired) electrons. The Labute approximate surface area is 180 Å². The van der Waals surface area contributed by atoms with Gasteiger partial charge in [0.2, 0.25) is 5.91 Å². The fourth-order valence-corrected chi connectivity index (χ4v) is 3.83. The number of methoxy groups -OCH3 is 2. The maximum Gasteiger partial charge on any atom is 0.251 e. The van der Waals surface area contributed by atoms with E-state index in [0.29, 0.717) is 23.0 Å². The number of benzene rings is 2. The number of carbonyl (C=O) groups is 2. The Kier molecular flexibility index (Phi) is 5.37. The van der Waals surface area contributed by atoms with Crippen LogP contribution in [0.15, 0.2) is 42.5 Å². The maximum atomic E-state index is 12.7. The second-order valence-corrected chi connectivity index (χ2v) is 7.45. The minimum absolute atomic E-state index is 0.0146. The summed E-state index contributed by atoms with van der Waals surface area (Å²) in [6.45, 7) is 3.82. The van der Waals surface area contributed by atoms with E-state index in [1.165, 1.54) is 0 Å². The zero-order valence-corrected chi connectivity index (χ0v) is 17.9. The van der Waals surface area contributed by atoms with Crippen LogP contribution in [0, 0.1) is 13.8 Å². The molecule has 0 saturated heterocycles. The molecule has 0 aliphatic carbocycles. The van der Waals surface area contributed by atoms with Crippen molar-refractivity contribution < 1.29 is 19.1 Å². The molecule has 2 aromatic carbocycles. The maximum absolute atomic E-state index is 12.7. The standard InChI is InChI=1S/C23H24N4O4/c1-13-6-5-7-16(10-13)24-20(28)12-17-23(29)25-22-21(14(2)26-27(17)22)15-8-9-18(30-3)19(11-15)31-4/h5-11,17H,12H2,1-4H3,(H,24,28)(H,25,29). The second-order valence-electron chi connectivity index (χ2n) is 7.45. The molecule has 0 fully saturated rings. The average Bonchev–Trinajstić information content (AvgIpc) is 3.21. The molecule has 1 unspecified atom stereocenters. The van der Waals surface area contributed by atoms with Gasteiger partial charge in [0.05, 0.1) is 26.3 Å². The molecule has 1 aromatic heterocycles. The Morgan fingerprint density at radius 1 is 1.13 bits per heavy atom. The van der Waals surface area contributed by atoms with E-state index >= 15 is 0 Å². The van der Waals surface area contributed by atoms with Crippen molar-refractivity contribution in [2.75, 3.05) is 24.9 Å². The predicted octanol–water partition coefficient (Wildman–Crippen LogP) is 3.71. The lowest BCUT2D eigenvalue weighted by atomic mass is 10.1. The number of aromatic nitrogens is 2. The van der Waals surface area contributed by atoms with Crippen LogP contribution in [0.2, 0.25) is 0 Å². The summed E-state index contributed by atoms with van der Waals surface area (Å²) in [6.07, 6.45) is -0.0146. The van der Waals surface area contributed by atoms with E-state index in [2.05, 4.69) is 15.7 Å². The summed E-state index contributed by atoms with van der Waals surface area (Å²) >= 11 is 0. The molecule has 2 N–H and O–H groups in total. The SMILES string of the molecule is COc1ccc(-c2c(C)nn3c2NC(=O)C3CC(=O)Nc2cccc(C)c2)cc1OC. The number of fused-ring (bicyclic) bond motifs is 1. The first-order valence-corrected chi connectivity index (χ1v) is 9.90. The van der Waals surface area contributed by atoms with Gasteiger partial charge in [-0.15, -0.1) is 0 Å². The molecular formula is C23H24N4O4. The molecular weight excluding hydrogens is 396 g/mol. The summed E-state index contributed by atoms with van der Waals surface area (Å²) in [5, 5.41) is 10.3. The minimum atomic E-state index is -0.715. The van der Waals surface area contributed by atoms with Crippen LogP contribution in [-0.4, -0.2) is 35.8 Å². The zero-order valence-electron chi connectivity index (χ0n) is 17.9. The number of hydrogen-bond donors (Lipinski definition) is 2. The summed E-state index contributed by atoms with van der Waals surface area (Å²) in [4.78, 5) is 25.2. The number of aryl methyl sites for hydroxylation is 2. The molecule has 1 aliphatic heterocycles. The third-order valence-corrected chi connectivity index (χ3v) is 5.28. The summed E-state index contributed by atoms with van der Waals surface area (Å²) in [7, 11) is 3.15. The van der Waals surface area contributed by atoms with Crippen molar-refractivity contribution >= 4 is 23.3 Å². The van der Waals surface area contributed by atoms with Gasteiger partial charge in [0.15, 0.2) is 11.5 Å². The highest BCUT2D eigenvalue weighted by Crippen LogP contribution is 2.41. The molecule has 4 rings (SSSR count). The first kappa shape index (κ1) is 20.5. The van der Waals surface area contributed by atoms with Gasteiger partial charge in [-0.2, -0.15) is 5.10 Å². The van der Waals surface area contributed by atoms with Crippen LogP contribution in [0.3, 0.4) is 0 Å². The van der Waals surface area contributed by atoms with Crippen LogP contribution >= 0.6 is 0 Å². The van der Waals surface area contributed by atoms with Crippen molar-refractivity contribution in [3.63, 3.8) is 0 Å². The highest BCUT2D eigenvalue weighted by molar-refractivity contribution is 6.04. The van der Waals surface area contributed by atoms with E-state index in [0.717, 1.165) is 22.4 Å². The van der Waals surface area contributed by atoms with Gasteiger partial charge < -0.3 is 20.1 Å². The lowest BCUT2D eigenvalue weighted by molar-refractivity contribution is -0.123. The number of carbonyl (C=O) groups excluding carboxylic acids is 2. The van der Waals surface area contributed by atoms with Gasteiger partial charge in [0, 0.05) is 11.3 Å². The summed E-state index contributed by atoms with van der Waals surface area (Å²) in [6, 6.07) is 12.3. The Bertz CT molecular complexity index is 1170. The van der Waals surface area contributed by atoms with E-state index in [9.17, 15) is 9.59 Å². The number of ether oxygens (including phenoxy) is 2. The smallest absolute Gasteiger partial charge is 0.251 e. The molecule has 2 amide bonds. The molecule has 0 saturated carbocycles. The lowest BCUT2D eigenvalue weighted by Crippen LogP contribution is -2.23. The van der Waals surface area contributed by atoms with Gasteiger partial charge in [0.25, 0.3) is 5.91 Å². The van der Waals surface area contributed by atoms with Crippen molar-refractivity contribution in [3.05, 3.63) is 53.7 Å². The van der Waals surface area contributed by atoms with Crippen molar-refractivity contribution in [2.24, 2.45) is 0 Å². The summed E-state index contributed by atoms with van der Waals surface area (Å²) in [5.74, 6) is 1.26. The van der Waals surface area contributed by atoms with Crippen molar-refractivity contribution in [1.29, 1.82) is 0 Å². The molecule has 1 atom stereocenters. The molecule has 8 nitrogen and oxygen atoms in total. The van der Waals surface area contributed by atoms with Gasteiger partial charge in [-0.25, -0.2) is 4.68 Å². The summed E-state index contributed by atoms with van der Waals surface area (Å²) < 4.78 is 12.3. The van der Waals surface area contributed by atoms with E-state index in [4.69, 9.17) is 9.47 Å². The number of hydrogen-bond acceptors (Lipinski definition) is 5. The largest absolute Gasteiger partial charge is 0.493 e. The molecule has 8 heteroatoms. The van der Waals surface area contributed by atoms with Gasteiger partial charge in [-0.3, -0.25) is 9.59 Å². The first-order valence-electron chi connectivity index (χ1n) is 9.90. The van der Waals surface area contributed by atoms with Crippen molar-refractivity contribution in [1.82, 2.24) is 9.78 Å². The quantitative estimate of drug-likeness (QED) is 0.634. The van der Waals surface area contributed by atoms with Gasteiger partial charge >= 0.3 is 0 Å². The lowest BCUT2D eigenvalue weighted by Gasteiger charge is -2.10. The number of nitrogens with zero attached hydrogens (tertiary/aromatic N) is 2. The van der Waals surface area contributed by atoms with Crippen LogP contribution in [0.4, 0.5) is 11.5 Å². The Morgan fingerprint density at radius 3 is 2.61 bits per heavy atom. The normalized spacial score (nSPS) is 14.7. The third kappa shape index (κ3) is 3.84. The predicted molar refractivity (Wildman–Crippen MR) is 118 cm³/mol. The topological polar surface area (TPSA) is 94.5 Å². The number of rotatable bonds is 6. The molecule has 31 heavy (non-hydrogen) atoms. The minimum Gasteiger partial charge on any atom is -0.493 e. The molecule has 0 bridgehead atoms. The highest BCUT2D eigenvalue weighted by Gasteiger charge is 2.36. The number of nitrogens with one attached hydrogen (secondary N) is 2. The third-order valence-electron chi connectivity index (χ3n) is 5.28. The van der Waals surface area contributed by atoms with Gasteiger partial charge in [-0.1, -0.05) is 18.2 Å². The van der Waals surface area contributed by atoms with Gasteiger partial charge in [0.1, 0.15) is 11.9 Å². The molecule has 1 aliphatic rings. The van der Waals surface area contributed by atoms with E-state index in [1.54, 1.807) is 25.0 Å². The molecule has 0 spiro atoms. The fraction of sp³-hybridized carbons (Fsp3) is 0.261. The monoisotopic (exact) mass is 420 g/mol. The number of amides is 2. The van der Waals surface area contributed by atoms with E-state index in [-0.39, 0.29) is 18.2 Å². The number of anilines is 2. The van der Waals surface area contributed by atoms with Crippen LogP contribution in [0.25, 0.3) is 11.1 Å². The second kappa shape index (κ2) is 8.14. The van der Waals surface area contributed by atoms with Crippen LogP contribution in [0.1, 0.15) is 23.7 Å². The Hall–Kier alpha value is -3.81. The van der Waals surface area contributed by atoms with Crippen molar-refractivity contribution in [3.8, 4) is 22.6 Å².